The normalized spacial score (nSPS) is 11.8. The summed E-state index contributed by atoms with van der Waals surface area (Å²) < 4.78 is 0. The number of fused-ring (bicyclic) bond motifs is 1. The number of rotatable bonds is 10. The van der Waals surface area contributed by atoms with Crippen LogP contribution in [0.4, 0.5) is 5.69 Å². The monoisotopic (exact) mass is 417 g/mol. The molecule has 0 atom stereocenters. The van der Waals surface area contributed by atoms with E-state index in [1.807, 2.05) is 18.2 Å². The van der Waals surface area contributed by atoms with Crippen LogP contribution in [0.5, 0.6) is 0 Å². The second kappa shape index (κ2) is 10.1. The van der Waals surface area contributed by atoms with Crippen molar-refractivity contribution in [2.24, 2.45) is 0 Å². The van der Waals surface area contributed by atoms with Crippen LogP contribution in [0.2, 0.25) is 0 Å². The molecule has 0 saturated heterocycles. The van der Waals surface area contributed by atoms with E-state index in [4.69, 9.17) is 16.6 Å². The summed E-state index contributed by atoms with van der Waals surface area (Å²) >= 11 is 0. The SMILES string of the molecule is CN/C=C(\C=N)c1ccc(N)c(C(=N)c2cc3cc(CNCCN(C)C)ccc3[nH]2)c1. The number of hydrogen-bond donors (Lipinski definition) is 6. The lowest BCUT2D eigenvalue weighted by Crippen LogP contribution is -2.26. The van der Waals surface area contributed by atoms with Crippen LogP contribution in [0.1, 0.15) is 22.4 Å². The standard InChI is InChI=1S/C24H31N7/c1-28-15-19(13-25)17-5-6-21(26)20(11-17)24(27)23-12-18-10-16(4-7-22(18)30-23)14-29-8-9-31(2)3/h4-7,10-13,15,25,27-30H,8-9,14,26H2,1-3H3/b19-15+,25-13?,27-24?. The van der Waals surface area contributed by atoms with Crippen molar-refractivity contribution in [3.8, 4) is 0 Å². The lowest BCUT2D eigenvalue weighted by Gasteiger charge is -2.10. The largest absolute Gasteiger partial charge is 0.398 e. The summed E-state index contributed by atoms with van der Waals surface area (Å²) in [5.74, 6) is 0. The molecule has 0 unspecified atom stereocenters. The number of anilines is 1. The Hall–Kier alpha value is -3.42. The lowest BCUT2D eigenvalue weighted by molar-refractivity contribution is 0.400. The van der Waals surface area contributed by atoms with E-state index < -0.39 is 0 Å². The summed E-state index contributed by atoms with van der Waals surface area (Å²) in [6.45, 7) is 2.74. The van der Waals surface area contributed by atoms with Crippen LogP contribution >= 0.6 is 0 Å². The highest BCUT2D eigenvalue weighted by molar-refractivity contribution is 6.16. The zero-order chi connectivity index (χ0) is 22.4. The molecular formula is C24H31N7. The minimum atomic E-state index is 0.329. The van der Waals surface area contributed by atoms with E-state index in [2.05, 4.69) is 52.8 Å². The molecule has 162 valence electrons. The second-order valence-electron chi connectivity index (χ2n) is 7.79. The quantitative estimate of drug-likeness (QED) is 0.173. The third kappa shape index (κ3) is 5.39. The molecule has 0 aliphatic rings. The fourth-order valence-corrected chi connectivity index (χ4v) is 3.42. The molecule has 2 aromatic carbocycles. The van der Waals surface area contributed by atoms with Crippen molar-refractivity contribution in [1.82, 2.24) is 20.5 Å². The van der Waals surface area contributed by atoms with Gasteiger partial charge in [0, 0.05) is 66.8 Å². The van der Waals surface area contributed by atoms with E-state index in [1.165, 1.54) is 11.8 Å². The number of nitrogen functional groups attached to an aromatic ring is 1. The summed E-state index contributed by atoms with van der Waals surface area (Å²) in [6, 6.07) is 13.8. The van der Waals surface area contributed by atoms with Crippen molar-refractivity contribution in [2.75, 3.05) is 40.0 Å². The first kappa shape index (κ1) is 22.3. The van der Waals surface area contributed by atoms with Gasteiger partial charge >= 0.3 is 0 Å². The van der Waals surface area contributed by atoms with E-state index in [1.54, 1.807) is 19.3 Å². The van der Waals surface area contributed by atoms with Gasteiger partial charge in [-0.05, 0) is 55.6 Å². The highest BCUT2D eigenvalue weighted by atomic mass is 15.1. The topological polar surface area (TPSA) is 117 Å². The maximum atomic E-state index is 8.75. The highest BCUT2D eigenvalue weighted by Crippen LogP contribution is 2.24. The molecule has 0 aliphatic carbocycles. The smallest absolute Gasteiger partial charge is 0.0868 e. The predicted molar refractivity (Wildman–Crippen MR) is 131 cm³/mol. The third-order valence-electron chi connectivity index (χ3n) is 5.13. The molecule has 0 radical (unpaired) electrons. The maximum Gasteiger partial charge on any atom is 0.0868 e. The number of aromatic amines is 1. The fourth-order valence-electron chi connectivity index (χ4n) is 3.42. The number of nitrogens with zero attached hydrogens (tertiary/aromatic N) is 1. The maximum absolute atomic E-state index is 8.75. The van der Waals surface area contributed by atoms with Gasteiger partial charge < -0.3 is 31.7 Å². The van der Waals surface area contributed by atoms with Gasteiger partial charge in [0.2, 0.25) is 0 Å². The van der Waals surface area contributed by atoms with Crippen molar-refractivity contribution in [3.05, 3.63) is 71.0 Å². The Morgan fingerprint density at radius 3 is 2.68 bits per heavy atom. The van der Waals surface area contributed by atoms with E-state index in [-0.39, 0.29) is 0 Å². The van der Waals surface area contributed by atoms with Gasteiger partial charge in [0.1, 0.15) is 0 Å². The van der Waals surface area contributed by atoms with Crippen molar-refractivity contribution in [1.29, 1.82) is 10.8 Å². The number of hydrogen-bond acceptors (Lipinski definition) is 6. The van der Waals surface area contributed by atoms with Gasteiger partial charge in [0.15, 0.2) is 0 Å². The molecule has 1 heterocycles. The van der Waals surface area contributed by atoms with Gasteiger partial charge in [0.05, 0.1) is 11.4 Å². The molecular weight excluding hydrogens is 386 g/mol. The van der Waals surface area contributed by atoms with Crippen LogP contribution in [-0.2, 0) is 6.54 Å². The predicted octanol–water partition coefficient (Wildman–Crippen LogP) is 3.03. The Kier molecular flexibility index (Phi) is 7.23. The van der Waals surface area contributed by atoms with Gasteiger partial charge in [0.25, 0.3) is 0 Å². The van der Waals surface area contributed by atoms with Crippen molar-refractivity contribution in [2.45, 2.75) is 6.54 Å². The third-order valence-corrected chi connectivity index (χ3v) is 5.13. The lowest BCUT2D eigenvalue weighted by atomic mass is 9.99. The van der Waals surface area contributed by atoms with E-state index >= 15 is 0 Å². The molecule has 0 bridgehead atoms. The first-order valence-electron chi connectivity index (χ1n) is 10.3. The minimum absolute atomic E-state index is 0.329. The fraction of sp³-hybridized carbons (Fsp3) is 0.250. The van der Waals surface area contributed by atoms with E-state index in [9.17, 15) is 0 Å². The Bertz CT molecular complexity index is 1110. The van der Waals surface area contributed by atoms with Crippen LogP contribution in [0, 0.1) is 10.8 Å². The first-order valence-corrected chi connectivity index (χ1v) is 10.3. The number of aromatic nitrogens is 1. The van der Waals surface area contributed by atoms with Crippen LogP contribution in [0.15, 0.2) is 48.7 Å². The Labute approximate surface area is 183 Å². The zero-order valence-electron chi connectivity index (χ0n) is 18.3. The molecule has 0 fully saturated rings. The molecule has 3 rings (SSSR count). The van der Waals surface area contributed by atoms with E-state index in [0.717, 1.165) is 41.7 Å². The first-order chi connectivity index (χ1) is 14.9. The molecule has 0 amide bonds. The molecule has 7 N–H and O–H groups in total. The molecule has 0 aliphatic heterocycles. The van der Waals surface area contributed by atoms with Crippen molar-refractivity contribution in [3.63, 3.8) is 0 Å². The van der Waals surface area contributed by atoms with Gasteiger partial charge in [-0.25, -0.2) is 0 Å². The summed E-state index contributed by atoms with van der Waals surface area (Å²) in [7, 11) is 5.92. The average Bonchev–Trinajstić information content (AvgIpc) is 3.18. The molecule has 3 aromatic rings. The number of likely N-dealkylation sites (N-methyl/N-ethyl adjacent to an activating group) is 1. The summed E-state index contributed by atoms with van der Waals surface area (Å²) in [6.07, 6.45) is 3.04. The van der Waals surface area contributed by atoms with Gasteiger partial charge in [-0.3, -0.25) is 5.41 Å². The van der Waals surface area contributed by atoms with Crippen LogP contribution in [-0.4, -0.2) is 56.0 Å². The van der Waals surface area contributed by atoms with Gasteiger partial charge in [-0.15, -0.1) is 0 Å². The average molecular weight is 418 g/mol. The number of nitrogens with one attached hydrogen (secondary N) is 5. The van der Waals surface area contributed by atoms with E-state index in [0.29, 0.717) is 22.7 Å². The van der Waals surface area contributed by atoms with Crippen LogP contribution in [0.3, 0.4) is 0 Å². The highest BCUT2D eigenvalue weighted by Gasteiger charge is 2.13. The summed E-state index contributed by atoms with van der Waals surface area (Å²) in [4.78, 5) is 5.49. The second-order valence-corrected chi connectivity index (χ2v) is 7.79. The molecule has 31 heavy (non-hydrogen) atoms. The van der Waals surface area contributed by atoms with Crippen LogP contribution in [0.25, 0.3) is 16.5 Å². The summed E-state index contributed by atoms with van der Waals surface area (Å²) in [5, 5.41) is 23.9. The Morgan fingerprint density at radius 2 is 1.97 bits per heavy atom. The molecule has 0 saturated carbocycles. The number of allylic oxidation sites excluding steroid dienone is 1. The molecule has 1 aromatic heterocycles. The van der Waals surface area contributed by atoms with Gasteiger partial charge in [-0.2, -0.15) is 0 Å². The van der Waals surface area contributed by atoms with Crippen molar-refractivity contribution < 1.29 is 0 Å². The summed E-state index contributed by atoms with van der Waals surface area (Å²) in [5.41, 5.74) is 12.2. The minimum Gasteiger partial charge on any atom is -0.398 e. The zero-order valence-corrected chi connectivity index (χ0v) is 18.3. The number of H-pyrrole nitrogens is 1. The molecule has 7 nitrogen and oxygen atoms in total. The number of nitrogens with two attached hydrogens (primary N) is 1. The Balaban J connectivity index is 1.84. The van der Waals surface area contributed by atoms with Crippen LogP contribution < -0.4 is 16.4 Å². The van der Waals surface area contributed by atoms with Crippen molar-refractivity contribution >= 4 is 34.1 Å². The van der Waals surface area contributed by atoms with Gasteiger partial charge in [-0.1, -0.05) is 12.1 Å². The molecule has 7 heteroatoms. The number of benzene rings is 2. The molecule has 0 spiro atoms. The Morgan fingerprint density at radius 1 is 1.16 bits per heavy atom.